The van der Waals surface area contributed by atoms with E-state index in [-0.39, 0.29) is 12.2 Å². The molecule has 0 aliphatic carbocycles. The van der Waals surface area contributed by atoms with E-state index in [0.29, 0.717) is 39.7 Å². The molecule has 5 nitrogen and oxygen atoms in total. The van der Waals surface area contributed by atoms with Gasteiger partial charge in [-0.25, -0.2) is 0 Å². The van der Waals surface area contributed by atoms with Crippen LogP contribution in [0.4, 0.5) is 5.69 Å². The second-order valence-electron chi connectivity index (χ2n) is 6.43. The van der Waals surface area contributed by atoms with E-state index < -0.39 is 11.5 Å². The van der Waals surface area contributed by atoms with Crippen LogP contribution in [-0.2, 0) is 10.4 Å². The number of carbonyl (C=O) groups excluding carboxylic acids is 2. The molecule has 1 aliphatic rings. The number of hydrogen-bond donors (Lipinski definition) is 1. The van der Waals surface area contributed by atoms with E-state index in [4.69, 9.17) is 16.0 Å². The van der Waals surface area contributed by atoms with Crippen molar-refractivity contribution in [1.82, 2.24) is 0 Å². The van der Waals surface area contributed by atoms with E-state index in [1.807, 2.05) is 6.92 Å². The molecule has 1 aromatic carbocycles. The minimum atomic E-state index is -1.91. The van der Waals surface area contributed by atoms with Crippen molar-refractivity contribution >= 4 is 29.0 Å². The van der Waals surface area contributed by atoms with Crippen LogP contribution in [0, 0.1) is 13.8 Å². The number of carbonyl (C=O) groups is 2. The number of hydrogen-bond acceptors (Lipinski definition) is 4. The lowest BCUT2D eigenvalue weighted by molar-refractivity contribution is -0.135. The second-order valence-corrected chi connectivity index (χ2v) is 6.86. The average Bonchev–Trinajstić information content (AvgIpc) is 2.99. The summed E-state index contributed by atoms with van der Waals surface area (Å²) in [5.74, 6) is -0.337. The van der Waals surface area contributed by atoms with Crippen molar-refractivity contribution in [2.24, 2.45) is 0 Å². The molecule has 2 heterocycles. The molecule has 0 saturated carbocycles. The lowest BCUT2D eigenvalue weighted by atomic mass is 9.87. The van der Waals surface area contributed by atoms with Gasteiger partial charge in [-0.2, -0.15) is 0 Å². The molecule has 0 fully saturated rings. The largest absolute Gasteiger partial charge is 0.469 e. The van der Waals surface area contributed by atoms with E-state index in [1.54, 1.807) is 32.0 Å². The van der Waals surface area contributed by atoms with Crippen molar-refractivity contribution in [3.8, 4) is 0 Å². The molecule has 0 saturated heterocycles. The highest BCUT2D eigenvalue weighted by Crippen LogP contribution is 2.44. The van der Waals surface area contributed by atoms with Crippen molar-refractivity contribution in [3.05, 3.63) is 51.9 Å². The lowest BCUT2D eigenvalue weighted by Crippen LogP contribution is -2.42. The molecule has 3 rings (SSSR count). The molecule has 25 heavy (non-hydrogen) atoms. The first-order chi connectivity index (χ1) is 11.8. The molecule has 2 aromatic rings. The molecule has 1 aromatic heterocycles. The van der Waals surface area contributed by atoms with Gasteiger partial charge in [0.25, 0.3) is 5.91 Å². The Morgan fingerprint density at radius 2 is 2.08 bits per heavy atom. The summed E-state index contributed by atoms with van der Waals surface area (Å²) in [5.41, 5.74) is 0.174. The maximum atomic E-state index is 12.9. The number of benzene rings is 1. The predicted molar refractivity (Wildman–Crippen MR) is 95.1 cm³/mol. The molecule has 1 aliphatic heterocycles. The summed E-state index contributed by atoms with van der Waals surface area (Å²) in [6, 6.07) is 4.95. The highest BCUT2D eigenvalue weighted by molar-refractivity contribution is 6.31. The fourth-order valence-electron chi connectivity index (χ4n) is 3.45. The number of amides is 1. The van der Waals surface area contributed by atoms with Crippen LogP contribution in [0.15, 0.2) is 28.9 Å². The Bertz CT molecular complexity index is 838. The number of ketones is 1. The van der Waals surface area contributed by atoms with Gasteiger partial charge in [0.05, 0.1) is 23.9 Å². The molecule has 0 unspecified atom stereocenters. The zero-order valence-electron chi connectivity index (χ0n) is 14.4. The predicted octanol–water partition coefficient (Wildman–Crippen LogP) is 3.77. The molecular formula is C19H20ClNO4. The van der Waals surface area contributed by atoms with Crippen LogP contribution in [0.2, 0.25) is 5.02 Å². The molecule has 1 N–H and O–H groups in total. The van der Waals surface area contributed by atoms with Gasteiger partial charge in [0.15, 0.2) is 11.4 Å². The summed E-state index contributed by atoms with van der Waals surface area (Å²) < 4.78 is 5.27. The van der Waals surface area contributed by atoms with Gasteiger partial charge in [-0.15, -0.1) is 0 Å². The highest BCUT2D eigenvalue weighted by atomic mass is 35.5. The number of aryl methyl sites for hydroxylation is 2. The number of halogens is 1. The van der Waals surface area contributed by atoms with Crippen LogP contribution in [0.1, 0.15) is 47.0 Å². The zero-order chi connectivity index (χ0) is 18.4. The Balaban J connectivity index is 2.04. The van der Waals surface area contributed by atoms with Gasteiger partial charge in [-0.3, -0.25) is 9.59 Å². The Hall–Kier alpha value is -2.11. The Morgan fingerprint density at radius 1 is 1.36 bits per heavy atom. The maximum Gasteiger partial charge on any atom is 0.264 e. The van der Waals surface area contributed by atoms with Crippen LogP contribution < -0.4 is 4.90 Å². The number of anilines is 1. The normalized spacial score (nSPS) is 19.4. The molecule has 0 radical (unpaired) electrons. The van der Waals surface area contributed by atoms with Gasteiger partial charge in [0.2, 0.25) is 0 Å². The van der Waals surface area contributed by atoms with E-state index in [9.17, 15) is 14.7 Å². The van der Waals surface area contributed by atoms with Crippen LogP contribution in [0.5, 0.6) is 0 Å². The third-order valence-electron chi connectivity index (χ3n) is 4.60. The van der Waals surface area contributed by atoms with Gasteiger partial charge in [0, 0.05) is 17.1 Å². The quantitative estimate of drug-likeness (QED) is 0.823. The topological polar surface area (TPSA) is 70.8 Å². The first-order valence-corrected chi connectivity index (χ1v) is 8.59. The number of Topliss-reactive ketones (excluding diaryl/α,β-unsaturated/α-hetero) is 1. The third-order valence-corrected chi connectivity index (χ3v) is 4.83. The third kappa shape index (κ3) is 2.77. The van der Waals surface area contributed by atoms with Gasteiger partial charge in [-0.05, 0) is 44.0 Å². The fraction of sp³-hybridized carbons (Fsp3) is 0.368. The number of aliphatic hydroxyl groups is 1. The van der Waals surface area contributed by atoms with E-state index in [0.717, 1.165) is 6.42 Å². The van der Waals surface area contributed by atoms with Crippen LogP contribution in [0.3, 0.4) is 0 Å². The van der Waals surface area contributed by atoms with Gasteiger partial charge >= 0.3 is 0 Å². The number of fused-ring (bicyclic) bond motifs is 1. The summed E-state index contributed by atoms with van der Waals surface area (Å²) in [4.78, 5) is 27.2. The van der Waals surface area contributed by atoms with Crippen molar-refractivity contribution in [2.75, 3.05) is 11.4 Å². The molecule has 6 heteroatoms. The lowest BCUT2D eigenvalue weighted by Gasteiger charge is -2.22. The van der Waals surface area contributed by atoms with E-state index >= 15 is 0 Å². The molecule has 1 atom stereocenters. The smallest absolute Gasteiger partial charge is 0.264 e. The number of rotatable bonds is 5. The number of nitrogens with zero attached hydrogens (tertiary/aromatic N) is 1. The van der Waals surface area contributed by atoms with E-state index in [2.05, 4.69) is 0 Å². The SMILES string of the molecule is CCCN1C(=O)[C@@](O)(CC(=O)c2c(C)coc2C)c2cc(Cl)ccc21. The molecule has 0 spiro atoms. The average molecular weight is 362 g/mol. The van der Waals surface area contributed by atoms with Gasteiger partial charge in [0.1, 0.15) is 5.76 Å². The summed E-state index contributed by atoms with van der Waals surface area (Å²) in [5, 5.41) is 11.6. The van der Waals surface area contributed by atoms with Gasteiger partial charge in [-0.1, -0.05) is 18.5 Å². The first-order valence-electron chi connectivity index (χ1n) is 8.22. The van der Waals surface area contributed by atoms with Crippen LogP contribution in [-0.4, -0.2) is 23.3 Å². The molecule has 132 valence electrons. The number of furan rings is 1. The van der Waals surface area contributed by atoms with Crippen molar-refractivity contribution in [2.45, 2.75) is 39.2 Å². The Labute approximate surface area is 151 Å². The first kappa shape index (κ1) is 17.7. The molecular weight excluding hydrogens is 342 g/mol. The van der Waals surface area contributed by atoms with Crippen molar-refractivity contribution < 1.29 is 19.1 Å². The monoisotopic (exact) mass is 361 g/mol. The van der Waals surface area contributed by atoms with Crippen LogP contribution in [0.25, 0.3) is 0 Å². The summed E-state index contributed by atoms with van der Waals surface area (Å²) in [7, 11) is 0. The zero-order valence-corrected chi connectivity index (χ0v) is 15.2. The van der Waals surface area contributed by atoms with Crippen molar-refractivity contribution in [1.29, 1.82) is 0 Å². The Morgan fingerprint density at radius 3 is 2.68 bits per heavy atom. The summed E-state index contributed by atoms with van der Waals surface area (Å²) >= 11 is 6.07. The summed E-state index contributed by atoms with van der Waals surface area (Å²) in [6.07, 6.45) is 1.88. The minimum absolute atomic E-state index is 0.330. The Kier molecular flexibility index (Phi) is 4.47. The minimum Gasteiger partial charge on any atom is -0.469 e. The van der Waals surface area contributed by atoms with Gasteiger partial charge < -0.3 is 14.4 Å². The van der Waals surface area contributed by atoms with E-state index in [1.165, 1.54) is 11.2 Å². The van der Waals surface area contributed by atoms with Crippen LogP contribution >= 0.6 is 11.6 Å². The second kappa shape index (κ2) is 6.32. The van der Waals surface area contributed by atoms with Crippen molar-refractivity contribution in [3.63, 3.8) is 0 Å². The molecule has 0 bridgehead atoms. The fourth-order valence-corrected chi connectivity index (χ4v) is 3.62. The maximum absolute atomic E-state index is 12.9. The standard InChI is InChI=1S/C19H20ClNO4/c1-4-7-21-15-6-5-13(20)8-14(15)19(24,18(21)23)9-16(22)17-11(2)10-25-12(17)3/h5-6,8,10,24H,4,7,9H2,1-3H3/t19-/m1/s1. The highest BCUT2D eigenvalue weighted by Gasteiger charge is 2.51. The molecule has 1 amide bonds. The summed E-state index contributed by atoms with van der Waals surface area (Å²) in [6.45, 7) is 5.87.